The lowest BCUT2D eigenvalue weighted by atomic mass is 10.1. The SMILES string of the molecule is CCc1cccc(-c2cn3cccc(C(=O)Nc4nccs4)c3n2)c1. The number of nitrogens with zero attached hydrogens (tertiary/aromatic N) is 3. The largest absolute Gasteiger partial charge is 0.306 e. The first kappa shape index (κ1) is 15.5. The molecule has 124 valence electrons. The van der Waals surface area contributed by atoms with E-state index >= 15 is 0 Å². The second-order valence-corrected chi connectivity index (χ2v) is 6.52. The van der Waals surface area contributed by atoms with Gasteiger partial charge in [0.2, 0.25) is 0 Å². The topological polar surface area (TPSA) is 59.3 Å². The van der Waals surface area contributed by atoms with Gasteiger partial charge in [-0.2, -0.15) is 0 Å². The van der Waals surface area contributed by atoms with Crippen molar-refractivity contribution in [2.75, 3.05) is 5.32 Å². The molecule has 0 saturated heterocycles. The molecule has 1 amide bonds. The lowest BCUT2D eigenvalue weighted by Crippen LogP contribution is -2.13. The fourth-order valence-electron chi connectivity index (χ4n) is 2.73. The number of imidazole rings is 1. The molecule has 4 aromatic rings. The van der Waals surface area contributed by atoms with Gasteiger partial charge in [-0.1, -0.05) is 25.1 Å². The molecule has 4 rings (SSSR count). The van der Waals surface area contributed by atoms with Gasteiger partial charge in [-0.05, 0) is 30.2 Å². The third kappa shape index (κ3) is 3.04. The third-order valence-corrected chi connectivity index (χ3v) is 4.70. The smallest absolute Gasteiger partial charge is 0.261 e. The summed E-state index contributed by atoms with van der Waals surface area (Å²) in [7, 11) is 0. The molecular formula is C19H16N4OS. The van der Waals surface area contributed by atoms with Gasteiger partial charge < -0.3 is 4.40 Å². The van der Waals surface area contributed by atoms with E-state index in [0.717, 1.165) is 17.7 Å². The molecule has 1 aromatic carbocycles. The van der Waals surface area contributed by atoms with Crippen molar-refractivity contribution in [3.8, 4) is 11.3 Å². The van der Waals surface area contributed by atoms with E-state index in [1.807, 2.05) is 40.4 Å². The van der Waals surface area contributed by atoms with Gasteiger partial charge in [0, 0.05) is 29.5 Å². The van der Waals surface area contributed by atoms with Gasteiger partial charge in [-0.3, -0.25) is 10.1 Å². The number of nitrogens with one attached hydrogen (secondary N) is 1. The first-order chi connectivity index (χ1) is 12.2. The fourth-order valence-corrected chi connectivity index (χ4v) is 3.25. The highest BCUT2D eigenvalue weighted by Gasteiger charge is 2.15. The lowest BCUT2D eigenvalue weighted by Gasteiger charge is -2.03. The van der Waals surface area contributed by atoms with E-state index in [4.69, 9.17) is 4.98 Å². The zero-order valence-electron chi connectivity index (χ0n) is 13.6. The van der Waals surface area contributed by atoms with Gasteiger partial charge in [0.15, 0.2) is 5.13 Å². The van der Waals surface area contributed by atoms with Crippen LogP contribution in [0.1, 0.15) is 22.8 Å². The van der Waals surface area contributed by atoms with E-state index in [9.17, 15) is 4.79 Å². The molecule has 0 spiro atoms. The van der Waals surface area contributed by atoms with Crippen molar-refractivity contribution in [3.63, 3.8) is 0 Å². The van der Waals surface area contributed by atoms with Crippen LogP contribution in [-0.4, -0.2) is 20.3 Å². The lowest BCUT2D eigenvalue weighted by molar-refractivity contribution is 0.102. The number of anilines is 1. The summed E-state index contributed by atoms with van der Waals surface area (Å²) >= 11 is 1.39. The minimum atomic E-state index is -0.208. The normalized spacial score (nSPS) is 10.9. The monoisotopic (exact) mass is 348 g/mol. The molecule has 1 N–H and O–H groups in total. The van der Waals surface area contributed by atoms with E-state index in [-0.39, 0.29) is 5.91 Å². The Balaban J connectivity index is 1.74. The first-order valence-corrected chi connectivity index (χ1v) is 8.90. The number of fused-ring (bicyclic) bond motifs is 1. The van der Waals surface area contributed by atoms with Crippen LogP contribution in [0.5, 0.6) is 0 Å². The van der Waals surface area contributed by atoms with E-state index in [1.165, 1.54) is 16.9 Å². The molecule has 0 fully saturated rings. The van der Waals surface area contributed by atoms with Gasteiger partial charge in [0.1, 0.15) is 5.65 Å². The number of aromatic nitrogens is 3. The number of benzene rings is 1. The zero-order chi connectivity index (χ0) is 17.2. The van der Waals surface area contributed by atoms with E-state index in [1.54, 1.807) is 12.3 Å². The van der Waals surface area contributed by atoms with Crippen LogP contribution < -0.4 is 5.32 Å². The summed E-state index contributed by atoms with van der Waals surface area (Å²) in [5.41, 5.74) is 4.32. The maximum Gasteiger partial charge on any atom is 0.261 e. The molecule has 0 aliphatic rings. The maximum atomic E-state index is 12.6. The van der Waals surface area contributed by atoms with Crippen molar-refractivity contribution >= 4 is 28.0 Å². The summed E-state index contributed by atoms with van der Waals surface area (Å²) < 4.78 is 1.88. The Kier molecular flexibility index (Phi) is 4.03. The summed E-state index contributed by atoms with van der Waals surface area (Å²) in [4.78, 5) is 21.4. The highest BCUT2D eigenvalue weighted by molar-refractivity contribution is 7.13. The Hall–Kier alpha value is -2.99. The molecule has 25 heavy (non-hydrogen) atoms. The maximum absolute atomic E-state index is 12.6. The number of amides is 1. The molecular weight excluding hydrogens is 332 g/mol. The van der Waals surface area contributed by atoms with Crippen molar-refractivity contribution < 1.29 is 4.79 Å². The minimum absolute atomic E-state index is 0.208. The van der Waals surface area contributed by atoms with Crippen LogP contribution in [-0.2, 0) is 6.42 Å². The molecule has 0 aliphatic carbocycles. The Labute approximate surface area is 149 Å². The highest BCUT2D eigenvalue weighted by atomic mass is 32.1. The first-order valence-electron chi connectivity index (χ1n) is 8.02. The van der Waals surface area contributed by atoms with Crippen LogP contribution in [0.15, 0.2) is 60.4 Å². The number of carbonyl (C=O) groups is 1. The summed E-state index contributed by atoms with van der Waals surface area (Å²) in [6.07, 6.45) is 6.48. The number of hydrogen-bond donors (Lipinski definition) is 1. The molecule has 0 saturated carbocycles. The van der Waals surface area contributed by atoms with Crippen LogP contribution in [0.25, 0.3) is 16.9 Å². The number of rotatable bonds is 4. The van der Waals surface area contributed by atoms with Gasteiger partial charge in [-0.15, -0.1) is 11.3 Å². The quantitative estimate of drug-likeness (QED) is 0.599. The van der Waals surface area contributed by atoms with Gasteiger partial charge >= 0.3 is 0 Å². The predicted octanol–water partition coefficient (Wildman–Crippen LogP) is 4.27. The number of hydrogen-bond acceptors (Lipinski definition) is 4. The Morgan fingerprint density at radius 2 is 2.20 bits per heavy atom. The molecule has 5 nitrogen and oxygen atoms in total. The van der Waals surface area contributed by atoms with Crippen molar-refractivity contribution in [2.45, 2.75) is 13.3 Å². The molecule has 6 heteroatoms. The predicted molar refractivity (Wildman–Crippen MR) is 100 cm³/mol. The van der Waals surface area contributed by atoms with Gasteiger partial charge in [-0.25, -0.2) is 9.97 Å². The third-order valence-electron chi connectivity index (χ3n) is 4.01. The summed E-state index contributed by atoms with van der Waals surface area (Å²) in [6.45, 7) is 2.13. The van der Waals surface area contributed by atoms with Crippen LogP contribution in [0, 0.1) is 0 Å². The summed E-state index contributed by atoms with van der Waals surface area (Å²) in [6, 6.07) is 11.9. The van der Waals surface area contributed by atoms with Crippen LogP contribution in [0.4, 0.5) is 5.13 Å². The number of carbonyl (C=O) groups excluding carboxylic acids is 1. The highest BCUT2D eigenvalue weighted by Crippen LogP contribution is 2.23. The fraction of sp³-hybridized carbons (Fsp3) is 0.105. The average molecular weight is 348 g/mol. The second kappa shape index (κ2) is 6.49. The number of aryl methyl sites for hydroxylation is 1. The molecule has 3 aromatic heterocycles. The van der Waals surface area contributed by atoms with Gasteiger partial charge in [0.25, 0.3) is 5.91 Å². The Bertz CT molecular complexity index is 1040. The van der Waals surface area contributed by atoms with Gasteiger partial charge in [0.05, 0.1) is 11.3 Å². The Morgan fingerprint density at radius 3 is 3.00 bits per heavy atom. The zero-order valence-corrected chi connectivity index (χ0v) is 14.5. The molecule has 0 bridgehead atoms. The summed E-state index contributed by atoms with van der Waals surface area (Å²) in [5, 5.41) is 5.21. The molecule has 0 unspecified atom stereocenters. The summed E-state index contributed by atoms with van der Waals surface area (Å²) in [5.74, 6) is -0.208. The van der Waals surface area contributed by atoms with Crippen LogP contribution in [0.2, 0.25) is 0 Å². The molecule has 0 aliphatic heterocycles. The van der Waals surface area contributed by atoms with Crippen molar-refractivity contribution in [2.24, 2.45) is 0 Å². The average Bonchev–Trinajstić information content (AvgIpc) is 3.30. The minimum Gasteiger partial charge on any atom is -0.306 e. The van der Waals surface area contributed by atoms with E-state index < -0.39 is 0 Å². The van der Waals surface area contributed by atoms with E-state index in [0.29, 0.717) is 16.3 Å². The molecule has 0 radical (unpaired) electrons. The van der Waals surface area contributed by atoms with Crippen LogP contribution in [0.3, 0.4) is 0 Å². The standard InChI is InChI=1S/C19H16N4OS/c1-2-13-5-3-6-14(11-13)16-12-23-9-4-7-15(17(23)21-16)18(24)22-19-20-8-10-25-19/h3-12H,2H2,1H3,(H,20,22,24). The number of pyridine rings is 1. The van der Waals surface area contributed by atoms with Crippen LogP contribution >= 0.6 is 11.3 Å². The van der Waals surface area contributed by atoms with Crippen molar-refractivity contribution in [1.29, 1.82) is 0 Å². The van der Waals surface area contributed by atoms with E-state index in [2.05, 4.69) is 29.4 Å². The molecule has 0 atom stereocenters. The van der Waals surface area contributed by atoms with Crippen molar-refractivity contribution in [1.82, 2.24) is 14.4 Å². The second-order valence-electron chi connectivity index (χ2n) is 5.62. The Morgan fingerprint density at radius 1 is 1.28 bits per heavy atom. The van der Waals surface area contributed by atoms with Crippen molar-refractivity contribution in [3.05, 3.63) is 71.5 Å². The number of thiazole rings is 1. The molecule has 3 heterocycles.